The number of benzene rings is 1. The van der Waals surface area contributed by atoms with E-state index in [-0.39, 0.29) is 5.91 Å². The molecule has 1 unspecified atom stereocenters. The minimum absolute atomic E-state index is 0.240. The van der Waals surface area contributed by atoms with Crippen molar-refractivity contribution in [2.45, 2.75) is 18.9 Å². The maximum absolute atomic E-state index is 12.3. The highest BCUT2D eigenvalue weighted by Crippen LogP contribution is 2.16. The van der Waals surface area contributed by atoms with Crippen LogP contribution in [-0.4, -0.2) is 53.5 Å². The smallest absolute Gasteiger partial charge is 0.222 e. The van der Waals surface area contributed by atoms with Crippen LogP contribution < -0.4 is 0 Å². The maximum atomic E-state index is 12.3. The van der Waals surface area contributed by atoms with Crippen molar-refractivity contribution in [3.05, 3.63) is 58.3 Å². The Morgan fingerprint density at radius 1 is 1.12 bits per heavy atom. The standard InChI is InChI=1S/C19H24N2O2S/c22-18(17-4-2-1-3-5-17)14-20-9-11-21(12-10-20)19(23)7-6-16-8-13-24-15-16/h1-5,8,13,15,18,22H,6-7,9-12,14H2. The second-order valence-electron chi connectivity index (χ2n) is 6.24. The molecule has 0 radical (unpaired) electrons. The Hall–Kier alpha value is -1.69. The zero-order valence-corrected chi connectivity index (χ0v) is 14.6. The first-order valence-corrected chi connectivity index (χ1v) is 9.41. The van der Waals surface area contributed by atoms with E-state index in [1.54, 1.807) is 11.3 Å². The molecule has 1 aliphatic heterocycles. The van der Waals surface area contributed by atoms with E-state index >= 15 is 0 Å². The highest BCUT2D eigenvalue weighted by Gasteiger charge is 2.22. The lowest BCUT2D eigenvalue weighted by atomic mass is 10.1. The highest BCUT2D eigenvalue weighted by molar-refractivity contribution is 7.07. The molecule has 1 saturated heterocycles. The number of rotatable bonds is 6. The number of piperazine rings is 1. The predicted molar refractivity (Wildman–Crippen MR) is 97.1 cm³/mol. The van der Waals surface area contributed by atoms with Crippen molar-refractivity contribution in [3.8, 4) is 0 Å². The monoisotopic (exact) mass is 344 g/mol. The topological polar surface area (TPSA) is 43.8 Å². The Morgan fingerprint density at radius 3 is 2.54 bits per heavy atom. The quantitative estimate of drug-likeness (QED) is 0.876. The third-order valence-corrected chi connectivity index (χ3v) is 5.28. The first-order chi connectivity index (χ1) is 11.7. The average molecular weight is 344 g/mol. The van der Waals surface area contributed by atoms with Crippen LogP contribution in [0.5, 0.6) is 0 Å². The lowest BCUT2D eigenvalue weighted by Crippen LogP contribution is -2.49. The zero-order chi connectivity index (χ0) is 16.8. The van der Waals surface area contributed by atoms with Crippen LogP contribution in [-0.2, 0) is 11.2 Å². The summed E-state index contributed by atoms with van der Waals surface area (Å²) < 4.78 is 0. The molecule has 0 spiro atoms. The normalized spacial score (nSPS) is 17.0. The molecule has 1 aliphatic rings. The minimum atomic E-state index is -0.466. The molecule has 128 valence electrons. The van der Waals surface area contributed by atoms with Crippen molar-refractivity contribution in [3.63, 3.8) is 0 Å². The van der Waals surface area contributed by atoms with E-state index in [0.717, 1.165) is 38.2 Å². The average Bonchev–Trinajstić information content (AvgIpc) is 3.14. The summed E-state index contributed by atoms with van der Waals surface area (Å²) in [4.78, 5) is 16.5. The molecular formula is C19H24N2O2S. The molecule has 1 amide bonds. The SMILES string of the molecule is O=C(CCc1ccsc1)N1CCN(CC(O)c2ccccc2)CC1. The molecule has 4 nitrogen and oxygen atoms in total. The van der Waals surface area contributed by atoms with Gasteiger partial charge in [0.2, 0.25) is 5.91 Å². The minimum Gasteiger partial charge on any atom is -0.387 e. The van der Waals surface area contributed by atoms with Crippen LogP contribution in [0, 0.1) is 0 Å². The molecule has 0 bridgehead atoms. The Kier molecular flexibility index (Phi) is 6.01. The van der Waals surface area contributed by atoms with Crippen LogP contribution in [0.4, 0.5) is 0 Å². The number of amides is 1. The van der Waals surface area contributed by atoms with Crippen molar-refractivity contribution >= 4 is 17.2 Å². The summed E-state index contributed by atoms with van der Waals surface area (Å²) in [6.07, 6.45) is 0.950. The number of aliphatic hydroxyl groups excluding tert-OH is 1. The van der Waals surface area contributed by atoms with Gasteiger partial charge in [-0.2, -0.15) is 11.3 Å². The van der Waals surface area contributed by atoms with Gasteiger partial charge in [-0.05, 0) is 34.4 Å². The number of carbonyl (C=O) groups is 1. The molecule has 1 atom stereocenters. The molecule has 1 aromatic heterocycles. The van der Waals surface area contributed by atoms with Gasteiger partial charge in [0.05, 0.1) is 6.10 Å². The summed E-state index contributed by atoms with van der Waals surface area (Å²) in [5.41, 5.74) is 2.20. The van der Waals surface area contributed by atoms with E-state index < -0.39 is 6.10 Å². The fourth-order valence-electron chi connectivity index (χ4n) is 3.05. The molecule has 0 aliphatic carbocycles. The maximum Gasteiger partial charge on any atom is 0.222 e. The lowest BCUT2D eigenvalue weighted by Gasteiger charge is -2.35. The van der Waals surface area contributed by atoms with Crippen molar-refractivity contribution in [2.75, 3.05) is 32.7 Å². The van der Waals surface area contributed by atoms with Gasteiger partial charge in [-0.15, -0.1) is 0 Å². The molecule has 3 rings (SSSR count). The van der Waals surface area contributed by atoms with Gasteiger partial charge in [-0.3, -0.25) is 9.69 Å². The molecular weight excluding hydrogens is 320 g/mol. The number of nitrogens with zero attached hydrogens (tertiary/aromatic N) is 2. The van der Waals surface area contributed by atoms with Crippen LogP contribution in [0.25, 0.3) is 0 Å². The highest BCUT2D eigenvalue weighted by atomic mass is 32.1. The Bertz CT molecular complexity index is 622. The second kappa shape index (κ2) is 8.42. The summed E-state index contributed by atoms with van der Waals surface area (Å²) in [6, 6.07) is 11.8. The van der Waals surface area contributed by atoms with E-state index in [4.69, 9.17) is 0 Å². The number of aliphatic hydroxyl groups is 1. The van der Waals surface area contributed by atoms with E-state index in [1.165, 1.54) is 5.56 Å². The largest absolute Gasteiger partial charge is 0.387 e. The van der Waals surface area contributed by atoms with Gasteiger partial charge in [0, 0.05) is 39.1 Å². The molecule has 1 aromatic carbocycles. The Balaban J connectivity index is 1.41. The van der Waals surface area contributed by atoms with E-state index in [1.807, 2.05) is 35.2 Å². The van der Waals surface area contributed by atoms with Gasteiger partial charge in [0.25, 0.3) is 0 Å². The van der Waals surface area contributed by atoms with Crippen LogP contribution in [0.3, 0.4) is 0 Å². The van der Waals surface area contributed by atoms with E-state index in [2.05, 4.69) is 21.7 Å². The van der Waals surface area contributed by atoms with Crippen LogP contribution in [0.15, 0.2) is 47.2 Å². The molecule has 2 aromatic rings. The number of thiophene rings is 1. The third kappa shape index (κ3) is 4.66. The van der Waals surface area contributed by atoms with Crippen LogP contribution >= 0.6 is 11.3 Å². The zero-order valence-electron chi connectivity index (χ0n) is 13.8. The Morgan fingerprint density at radius 2 is 1.88 bits per heavy atom. The van der Waals surface area contributed by atoms with Crippen LogP contribution in [0.1, 0.15) is 23.7 Å². The summed E-state index contributed by atoms with van der Waals surface area (Å²) in [5.74, 6) is 0.240. The van der Waals surface area contributed by atoms with Crippen molar-refractivity contribution in [1.29, 1.82) is 0 Å². The molecule has 0 saturated carbocycles. The number of β-amino-alcohol motifs (C(OH)–C–C–N with tert-alkyl or cyclic N) is 1. The van der Waals surface area contributed by atoms with Crippen molar-refractivity contribution in [2.24, 2.45) is 0 Å². The number of hydrogen-bond donors (Lipinski definition) is 1. The lowest BCUT2D eigenvalue weighted by molar-refractivity contribution is -0.133. The van der Waals surface area contributed by atoms with Crippen molar-refractivity contribution in [1.82, 2.24) is 9.80 Å². The van der Waals surface area contributed by atoms with Crippen LogP contribution in [0.2, 0.25) is 0 Å². The number of hydrogen-bond acceptors (Lipinski definition) is 4. The first-order valence-electron chi connectivity index (χ1n) is 8.46. The molecule has 5 heteroatoms. The summed E-state index contributed by atoms with van der Waals surface area (Å²) in [7, 11) is 0. The summed E-state index contributed by atoms with van der Waals surface area (Å²) in [5, 5.41) is 14.5. The number of aryl methyl sites for hydroxylation is 1. The van der Waals surface area contributed by atoms with Gasteiger partial charge in [0.15, 0.2) is 0 Å². The molecule has 2 heterocycles. The fraction of sp³-hybridized carbons (Fsp3) is 0.421. The van der Waals surface area contributed by atoms with Gasteiger partial charge < -0.3 is 10.0 Å². The van der Waals surface area contributed by atoms with E-state index in [9.17, 15) is 9.90 Å². The second-order valence-corrected chi connectivity index (χ2v) is 7.02. The molecule has 24 heavy (non-hydrogen) atoms. The summed E-state index contributed by atoms with van der Waals surface area (Å²) >= 11 is 1.68. The predicted octanol–water partition coefficient (Wildman–Crippen LogP) is 2.56. The number of carbonyl (C=O) groups excluding carboxylic acids is 1. The molecule has 1 N–H and O–H groups in total. The van der Waals surface area contributed by atoms with Gasteiger partial charge in [0.1, 0.15) is 0 Å². The third-order valence-electron chi connectivity index (χ3n) is 4.55. The molecule has 1 fully saturated rings. The van der Waals surface area contributed by atoms with E-state index in [0.29, 0.717) is 13.0 Å². The van der Waals surface area contributed by atoms with Crippen molar-refractivity contribution < 1.29 is 9.90 Å². The Labute approximate surface area is 147 Å². The van der Waals surface area contributed by atoms with Gasteiger partial charge in [-0.1, -0.05) is 30.3 Å². The van der Waals surface area contributed by atoms with Gasteiger partial charge in [-0.25, -0.2) is 0 Å². The summed E-state index contributed by atoms with van der Waals surface area (Å²) in [6.45, 7) is 3.79. The van der Waals surface area contributed by atoms with Gasteiger partial charge >= 0.3 is 0 Å². The first kappa shape index (κ1) is 17.1. The fourth-order valence-corrected chi connectivity index (χ4v) is 3.75.